The van der Waals surface area contributed by atoms with Crippen LogP contribution < -0.4 is 0 Å². The smallest absolute Gasteiger partial charge is 0.140 e. The quantitative estimate of drug-likeness (QED) is 0.710. The highest BCUT2D eigenvalue weighted by Crippen LogP contribution is 2.34. The molecule has 0 heterocycles. The summed E-state index contributed by atoms with van der Waals surface area (Å²) in [4.78, 5) is 12.5. The van der Waals surface area contributed by atoms with Crippen molar-refractivity contribution >= 4 is 5.78 Å². The molecule has 1 aromatic carbocycles. The first-order chi connectivity index (χ1) is 9.97. The predicted molar refractivity (Wildman–Crippen MR) is 89.5 cm³/mol. The van der Waals surface area contributed by atoms with E-state index in [2.05, 4.69) is 52.0 Å². The van der Waals surface area contributed by atoms with Crippen molar-refractivity contribution in [3.05, 3.63) is 35.4 Å². The fraction of sp³-hybridized carbons (Fsp3) is 0.650. The molecule has 1 aliphatic rings. The molecule has 1 aliphatic carbocycles. The third kappa shape index (κ3) is 4.43. The summed E-state index contributed by atoms with van der Waals surface area (Å²) in [6.07, 6.45) is 5.30. The van der Waals surface area contributed by atoms with E-state index < -0.39 is 0 Å². The number of hydrogen-bond acceptors (Lipinski definition) is 1. The Kier molecular flexibility index (Phi) is 5.61. The molecular weight excluding hydrogens is 256 g/mol. The Morgan fingerprint density at radius 3 is 2.05 bits per heavy atom. The first-order valence-corrected chi connectivity index (χ1v) is 8.59. The van der Waals surface area contributed by atoms with Gasteiger partial charge in [0.25, 0.3) is 0 Å². The lowest BCUT2D eigenvalue weighted by Gasteiger charge is -2.30. The molecule has 0 bridgehead atoms. The van der Waals surface area contributed by atoms with Crippen molar-refractivity contribution in [2.75, 3.05) is 0 Å². The minimum atomic E-state index is 0.310. The summed E-state index contributed by atoms with van der Waals surface area (Å²) in [5.41, 5.74) is 2.53. The lowest BCUT2D eigenvalue weighted by molar-refractivity contribution is -0.123. The molecule has 2 rings (SSSR count). The Morgan fingerprint density at radius 2 is 1.57 bits per heavy atom. The van der Waals surface area contributed by atoms with E-state index in [4.69, 9.17) is 0 Å². The molecule has 0 aromatic heterocycles. The molecule has 0 aliphatic heterocycles. The average molecular weight is 286 g/mol. The fourth-order valence-electron chi connectivity index (χ4n) is 3.47. The molecule has 0 radical (unpaired) electrons. The largest absolute Gasteiger partial charge is 0.299 e. The molecule has 1 saturated carbocycles. The summed E-state index contributed by atoms with van der Waals surface area (Å²) in [6.45, 7) is 9.02. The molecule has 21 heavy (non-hydrogen) atoms. The van der Waals surface area contributed by atoms with Crippen LogP contribution in [-0.2, 0) is 11.2 Å². The van der Waals surface area contributed by atoms with Crippen LogP contribution in [-0.4, -0.2) is 5.78 Å². The van der Waals surface area contributed by atoms with E-state index in [0.29, 0.717) is 24.0 Å². The number of rotatable bonds is 5. The number of ketones is 1. The van der Waals surface area contributed by atoms with E-state index >= 15 is 0 Å². The van der Waals surface area contributed by atoms with Crippen LogP contribution in [0.25, 0.3) is 0 Å². The van der Waals surface area contributed by atoms with E-state index in [1.165, 1.54) is 24.0 Å². The summed E-state index contributed by atoms with van der Waals surface area (Å²) in [5.74, 6) is 2.92. The second kappa shape index (κ2) is 7.24. The molecule has 116 valence electrons. The molecule has 0 atom stereocenters. The van der Waals surface area contributed by atoms with E-state index in [1.54, 1.807) is 0 Å². The minimum absolute atomic E-state index is 0.310. The van der Waals surface area contributed by atoms with E-state index in [0.717, 1.165) is 24.7 Å². The van der Waals surface area contributed by atoms with Gasteiger partial charge in [0.15, 0.2) is 0 Å². The normalized spacial score (nSPS) is 22.8. The van der Waals surface area contributed by atoms with Crippen LogP contribution in [0.1, 0.15) is 70.4 Å². The zero-order chi connectivity index (χ0) is 15.4. The average Bonchev–Trinajstić information content (AvgIpc) is 2.47. The SMILES string of the molecule is CC(C)c1ccc(CC(=O)C2CCC(C(C)C)CC2)cc1. The first-order valence-electron chi connectivity index (χ1n) is 8.59. The van der Waals surface area contributed by atoms with Gasteiger partial charge in [-0.15, -0.1) is 0 Å². The van der Waals surface area contributed by atoms with Gasteiger partial charge in [-0.25, -0.2) is 0 Å². The van der Waals surface area contributed by atoms with Crippen molar-refractivity contribution < 1.29 is 4.79 Å². The monoisotopic (exact) mass is 286 g/mol. The van der Waals surface area contributed by atoms with Gasteiger partial charge in [-0.05, 0) is 54.6 Å². The Bertz CT molecular complexity index is 447. The highest BCUT2D eigenvalue weighted by Gasteiger charge is 2.27. The Morgan fingerprint density at radius 1 is 1.00 bits per heavy atom. The fourth-order valence-corrected chi connectivity index (χ4v) is 3.47. The van der Waals surface area contributed by atoms with Crippen LogP contribution in [0.4, 0.5) is 0 Å². The van der Waals surface area contributed by atoms with E-state index in [1.807, 2.05) is 0 Å². The second-order valence-electron chi connectivity index (χ2n) is 7.40. The molecule has 0 amide bonds. The maximum atomic E-state index is 12.5. The van der Waals surface area contributed by atoms with E-state index in [9.17, 15) is 4.79 Å². The van der Waals surface area contributed by atoms with Gasteiger partial charge >= 0.3 is 0 Å². The summed E-state index contributed by atoms with van der Waals surface area (Å²) in [7, 11) is 0. The van der Waals surface area contributed by atoms with Crippen LogP contribution in [0.3, 0.4) is 0 Å². The van der Waals surface area contributed by atoms with Crippen molar-refractivity contribution in [1.29, 1.82) is 0 Å². The molecule has 0 saturated heterocycles. The Labute approximate surface area is 130 Å². The number of carbonyl (C=O) groups excluding carboxylic acids is 1. The van der Waals surface area contributed by atoms with Crippen molar-refractivity contribution in [3.63, 3.8) is 0 Å². The second-order valence-corrected chi connectivity index (χ2v) is 7.40. The summed E-state index contributed by atoms with van der Waals surface area (Å²) in [6, 6.07) is 8.60. The van der Waals surface area contributed by atoms with Gasteiger partial charge in [-0.3, -0.25) is 4.79 Å². The number of Topliss-reactive ketones (excluding diaryl/α,β-unsaturated/α-hetero) is 1. The molecule has 0 N–H and O–H groups in total. The number of hydrogen-bond donors (Lipinski definition) is 0. The van der Waals surface area contributed by atoms with Crippen molar-refractivity contribution in [3.8, 4) is 0 Å². The van der Waals surface area contributed by atoms with Gasteiger partial charge < -0.3 is 0 Å². The third-order valence-electron chi connectivity index (χ3n) is 5.19. The zero-order valence-corrected chi connectivity index (χ0v) is 14.1. The predicted octanol–water partition coefficient (Wildman–Crippen LogP) is 5.38. The summed E-state index contributed by atoms with van der Waals surface area (Å²) in [5, 5.41) is 0. The highest BCUT2D eigenvalue weighted by molar-refractivity contribution is 5.83. The molecular formula is C20H30O. The summed E-state index contributed by atoms with van der Waals surface area (Å²) < 4.78 is 0. The lowest BCUT2D eigenvalue weighted by Crippen LogP contribution is -2.25. The molecule has 1 nitrogen and oxygen atoms in total. The lowest BCUT2D eigenvalue weighted by atomic mass is 9.75. The molecule has 0 spiro atoms. The maximum Gasteiger partial charge on any atom is 0.140 e. The Balaban J connectivity index is 1.87. The van der Waals surface area contributed by atoms with Crippen molar-refractivity contribution in [1.82, 2.24) is 0 Å². The van der Waals surface area contributed by atoms with E-state index in [-0.39, 0.29) is 0 Å². The van der Waals surface area contributed by atoms with Crippen LogP contribution >= 0.6 is 0 Å². The minimum Gasteiger partial charge on any atom is -0.299 e. The molecule has 1 heteroatoms. The standard InChI is InChI=1S/C20H30O/c1-14(2)17-7-5-16(6-8-17)13-20(21)19-11-9-18(10-12-19)15(3)4/h5-8,14-15,18-19H,9-13H2,1-4H3. The first kappa shape index (κ1) is 16.3. The van der Waals surface area contributed by atoms with Gasteiger partial charge in [0, 0.05) is 12.3 Å². The van der Waals surface area contributed by atoms with Crippen LogP contribution in [0.15, 0.2) is 24.3 Å². The Hall–Kier alpha value is -1.11. The van der Waals surface area contributed by atoms with Crippen LogP contribution in [0.2, 0.25) is 0 Å². The molecule has 1 fully saturated rings. The summed E-state index contributed by atoms with van der Waals surface area (Å²) >= 11 is 0. The number of benzene rings is 1. The molecule has 1 aromatic rings. The van der Waals surface area contributed by atoms with Crippen LogP contribution in [0.5, 0.6) is 0 Å². The van der Waals surface area contributed by atoms with Gasteiger partial charge in [0.1, 0.15) is 5.78 Å². The topological polar surface area (TPSA) is 17.1 Å². The van der Waals surface area contributed by atoms with Gasteiger partial charge in [-0.1, -0.05) is 52.0 Å². The zero-order valence-electron chi connectivity index (χ0n) is 14.1. The molecule has 0 unspecified atom stereocenters. The highest BCUT2D eigenvalue weighted by atomic mass is 16.1. The maximum absolute atomic E-state index is 12.5. The number of carbonyl (C=O) groups is 1. The van der Waals surface area contributed by atoms with Gasteiger partial charge in [-0.2, -0.15) is 0 Å². The van der Waals surface area contributed by atoms with Crippen molar-refractivity contribution in [2.24, 2.45) is 17.8 Å². The van der Waals surface area contributed by atoms with Crippen LogP contribution in [0, 0.1) is 17.8 Å². The van der Waals surface area contributed by atoms with Crippen molar-refractivity contribution in [2.45, 2.75) is 65.7 Å². The third-order valence-corrected chi connectivity index (χ3v) is 5.19. The van der Waals surface area contributed by atoms with Gasteiger partial charge in [0.2, 0.25) is 0 Å². The van der Waals surface area contributed by atoms with Gasteiger partial charge in [0.05, 0.1) is 0 Å².